The number of non-ortho nitro benzene ring substituents is 1. The van der Waals surface area contributed by atoms with E-state index in [0.717, 1.165) is 12.1 Å². The Kier molecular flexibility index (Phi) is 4.35. The third-order valence-corrected chi connectivity index (χ3v) is 2.44. The van der Waals surface area contributed by atoms with Gasteiger partial charge in [0.2, 0.25) is 5.91 Å². The fraction of sp³-hybridized carbons (Fsp3) is 0.300. The Balaban J connectivity index is 3.16. The Bertz CT molecular complexity index is 531. The van der Waals surface area contributed by atoms with E-state index in [1.54, 1.807) is 0 Å². The second-order valence-corrected chi connectivity index (χ2v) is 3.72. The van der Waals surface area contributed by atoms with Crippen LogP contribution >= 0.6 is 0 Å². The van der Waals surface area contributed by atoms with Crippen LogP contribution in [0.2, 0.25) is 0 Å². The lowest BCUT2D eigenvalue weighted by atomic mass is 10.2. The van der Waals surface area contributed by atoms with Gasteiger partial charge in [-0.2, -0.15) is 0 Å². The number of nitro groups is 2. The number of nitrogens with one attached hydrogen (secondary N) is 1. The monoisotopic (exact) mass is 268 g/mol. The number of anilines is 1. The minimum absolute atomic E-state index is 0.0881. The molecule has 0 atom stereocenters. The van der Waals surface area contributed by atoms with Gasteiger partial charge < -0.3 is 10.2 Å². The highest BCUT2D eigenvalue weighted by Gasteiger charge is 2.22. The fourth-order valence-electron chi connectivity index (χ4n) is 1.47. The highest BCUT2D eigenvalue weighted by Crippen LogP contribution is 2.31. The molecule has 0 bridgehead atoms. The lowest BCUT2D eigenvalue weighted by molar-refractivity contribution is -0.393. The molecule has 0 aliphatic carbocycles. The molecule has 102 valence electrons. The zero-order chi connectivity index (χ0) is 14.6. The summed E-state index contributed by atoms with van der Waals surface area (Å²) in [6.45, 7) is -0.0881. The topological polar surface area (TPSA) is 119 Å². The van der Waals surface area contributed by atoms with Crippen LogP contribution in [-0.2, 0) is 4.79 Å². The molecule has 0 unspecified atom stereocenters. The van der Waals surface area contributed by atoms with E-state index < -0.39 is 15.5 Å². The number of nitro benzene ring substituents is 2. The van der Waals surface area contributed by atoms with Crippen LogP contribution in [0.25, 0.3) is 0 Å². The maximum Gasteiger partial charge on any atom is 0.299 e. The highest BCUT2D eigenvalue weighted by atomic mass is 16.6. The van der Waals surface area contributed by atoms with E-state index in [4.69, 9.17) is 0 Å². The first-order valence-corrected chi connectivity index (χ1v) is 5.21. The van der Waals surface area contributed by atoms with Gasteiger partial charge in [0.05, 0.1) is 22.5 Å². The third kappa shape index (κ3) is 3.37. The number of nitrogens with zero attached hydrogens (tertiary/aromatic N) is 3. The first-order chi connectivity index (χ1) is 8.86. The summed E-state index contributed by atoms with van der Waals surface area (Å²) >= 11 is 0. The van der Waals surface area contributed by atoms with Crippen LogP contribution < -0.4 is 10.2 Å². The molecule has 1 rings (SSSR count). The minimum atomic E-state index is -0.720. The largest absolute Gasteiger partial charge is 0.360 e. The molecule has 1 N–H and O–H groups in total. The van der Waals surface area contributed by atoms with E-state index in [9.17, 15) is 25.0 Å². The minimum Gasteiger partial charge on any atom is -0.360 e. The molecule has 0 saturated heterocycles. The van der Waals surface area contributed by atoms with Crippen LogP contribution in [0.5, 0.6) is 0 Å². The standard InChI is InChI=1S/C10H12N4O5/c1-11-10(15)6-12(2)8-4-3-7(13(16)17)5-9(8)14(18)19/h3-5H,6H2,1-2H3,(H,11,15). The van der Waals surface area contributed by atoms with E-state index in [1.165, 1.54) is 25.1 Å². The number of hydrogen-bond donors (Lipinski definition) is 1. The number of rotatable bonds is 5. The summed E-state index contributed by atoms with van der Waals surface area (Å²) in [7, 11) is 2.93. The van der Waals surface area contributed by atoms with Gasteiger partial charge in [-0.25, -0.2) is 0 Å². The molecule has 0 radical (unpaired) electrons. The Morgan fingerprint density at radius 2 is 1.95 bits per heavy atom. The van der Waals surface area contributed by atoms with Crippen LogP contribution in [0.15, 0.2) is 18.2 Å². The second kappa shape index (κ2) is 5.76. The Morgan fingerprint density at radius 1 is 1.32 bits per heavy atom. The van der Waals surface area contributed by atoms with Crippen LogP contribution in [0.3, 0.4) is 0 Å². The molecule has 9 heteroatoms. The summed E-state index contributed by atoms with van der Waals surface area (Å²) in [4.78, 5) is 32.6. The van der Waals surface area contributed by atoms with Crippen molar-refractivity contribution in [2.45, 2.75) is 0 Å². The molecule has 0 aromatic heterocycles. The summed E-state index contributed by atoms with van der Waals surface area (Å²) in [5, 5.41) is 23.9. The third-order valence-electron chi connectivity index (χ3n) is 2.44. The fourth-order valence-corrected chi connectivity index (χ4v) is 1.47. The van der Waals surface area contributed by atoms with Crippen LogP contribution in [0.4, 0.5) is 17.1 Å². The van der Waals surface area contributed by atoms with E-state index >= 15 is 0 Å². The summed E-state index contributed by atoms with van der Waals surface area (Å²) in [6, 6.07) is 3.28. The van der Waals surface area contributed by atoms with Gasteiger partial charge in [-0.3, -0.25) is 25.0 Å². The van der Waals surface area contributed by atoms with E-state index in [1.807, 2.05) is 0 Å². The number of amides is 1. The first-order valence-electron chi connectivity index (χ1n) is 5.21. The van der Waals surface area contributed by atoms with Crippen molar-refractivity contribution in [1.82, 2.24) is 5.32 Å². The average Bonchev–Trinajstić information content (AvgIpc) is 2.37. The van der Waals surface area contributed by atoms with Gasteiger partial charge in [-0.1, -0.05) is 0 Å². The number of benzene rings is 1. The van der Waals surface area contributed by atoms with Crippen molar-refractivity contribution < 1.29 is 14.6 Å². The molecule has 0 saturated carbocycles. The van der Waals surface area contributed by atoms with Crippen molar-refractivity contribution in [2.75, 3.05) is 25.5 Å². The van der Waals surface area contributed by atoms with Crippen molar-refractivity contribution >= 4 is 23.0 Å². The van der Waals surface area contributed by atoms with Gasteiger partial charge >= 0.3 is 0 Å². The zero-order valence-electron chi connectivity index (χ0n) is 10.3. The van der Waals surface area contributed by atoms with Gasteiger partial charge in [-0.15, -0.1) is 0 Å². The normalized spacial score (nSPS) is 9.79. The lowest BCUT2D eigenvalue weighted by Gasteiger charge is -2.17. The molecule has 1 amide bonds. The van der Waals surface area contributed by atoms with Gasteiger partial charge in [0, 0.05) is 20.2 Å². The van der Waals surface area contributed by atoms with Crippen molar-refractivity contribution in [3.8, 4) is 0 Å². The van der Waals surface area contributed by atoms with Crippen LogP contribution in [0.1, 0.15) is 0 Å². The molecular weight excluding hydrogens is 256 g/mol. The van der Waals surface area contributed by atoms with Gasteiger partial charge in [0.15, 0.2) is 0 Å². The van der Waals surface area contributed by atoms with Crippen molar-refractivity contribution in [2.24, 2.45) is 0 Å². The van der Waals surface area contributed by atoms with Crippen molar-refractivity contribution in [3.05, 3.63) is 38.4 Å². The maximum absolute atomic E-state index is 11.2. The Morgan fingerprint density at radius 3 is 2.42 bits per heavy atom. The van der Waals surface area contributed by atoms with Gasteiger partial charge in [0.1, 0.15) is 5.69 Å². The van der Waals surface area contributed by atoms with E-state index in [0.29, 0.717) is 0 Å². The SMILES string of the molecule is CNC(=O)CN(C)c1ccc([N+](=O)[O-])cc1[N+](=O)[O-]. The molecule has 0 fully saturated rings. The molecule has 19 heavy (non-hydrogen) atoms. The predicted molar refractivity (Wildman–Crippen MR) is 67.1 cm³/mol. The first kappa shape index (κ1) is 14.4. The smallest absolute Gasteiger partial charge is 0.299 e. The second-order valence-electron chi connectivity index (χ2n) is 3.72. The van der Waals surface area contributed by atoms with E-state index in [2.05, 4.69) is 5.32 Å². The van der Waals surface area contributed by atoms with Gasteiger partial charge in [-0.05, 0) is 6.07 Å². The Labute approximate surface area is 108 Å². The molecule has 0 heterocycles. The quantitative estimate of drug-likeness (QED) is 0.619. The number of carbonyl (C=O) groups excluding carboxylic acids is 1. The maximum atomic E-state index is 11.2. The van der Waals surface area contributed by atoms with Crippen molar-refractivity contribution in [3.63, 3.8) is 0 Å². The molecule has 0 aliphatic rings. The number of hydrogen-bond acceptors (Lipinski definition) is 6. The zero-order valence-corrected chi connectivity index (χ0v) is 10.3. The van der Waals surface area contributed by atoms with Gasteiger partial charge in [0.25, 0.3) is 11.4 Å². The van der Waals surface area contributed by atoms with Crippen molar-refractivity contribution in [1.29, 1.82) is 0 Å². The Hall–Kier alpha value is -2.71. The molecule has 0 spiro atoms. The molecule has 1 aromatic rings. The van der Waals surface area contributed by atoms with Crippen LogP contribution in [-0.4, -0.2) is 36.4 Å². The average molecular weight is 268 g/mol. The highest BCUT2D eigenvalue weighted by molar-refractivity contribution is 5.82. The molecule has 1 aromatic carbocycles. The summed E-state index contributed by atoms with van der Waals surface area (Å²) in [6.07, 6.45) is 0. The lowest BCUT2D eigenvalue weighted by Crippen LogP contribution is -2.33. The number of carbonyl (C=O) groups is 1. The summed E-state index contributed by atoms with van der Waals surface area (Å²) in [5.41, 5.74) is -0.649. The summed E-state index contributed by atoms with van der Waals surface area (Å²) in [5.74, 6) is -0.324. The predicted octanol–water partition coefficient (Wildman–Crippen LogP) is 0.685. The number of likely N-dealkylation sites (N-methyl/N-ethyl adjacent to an activating group) is 2. The molecule has 9 nitrogen and oxygen atoms in total. The molecular formula is C10H12N4O5. The van der Waals surface area contributed by atoms with Crippen LogP contribution in [0, 0.1) is 20.2 Å². The van der Waals surface area contributed by atoms with E-state index in [-0.39, 0.29) is 23.8 Å². The summed E-state index contributed by atoms with van der Waals surface area (Å²) < 4.78 is 0. The molecule has 0 aliphatic heterocycles.